The summed E-state index contributed by atoms with van der Waals surface area (Å²) in [6.07, 6.45) is 0. The van der Waals surface area contributed by atoms with Crippen molar-refractivity contribution in [3.63, 3.8) is 0 Å². The van der Waals surface area contributed by atoms with Crippen LogP contribution >= 0.6 is 0 Å². The van der Waals surface area contributed by atoms with Crippen LogP contribution in [-0.4, -0.2) is 70.2 Å². The summed E-state index contributed by atoms with van der Waals surface area (Å²) in [5.41, 5.74) is 0.705. The number of rotatable bonds is 6. The lowest BCUT2D eigenvalue weighted by atomic mass is 10.1. The highest BCUT2D eigenvalue weighted by molar-refractivity contribution is 7.89. The normalized spacial score (nSPS) is 23.4. The maximum atomic E-state index is 13.1. The minimum Gasteiger partial charge on any atom is -0.497 e. The van der Waals surface area contributed by atoms with Crippen LogP contribution in [0.25, 0.3) is 0 Å². The Balaban J connectivity index is 2.22. The van der Waals surface area contributed by atoms with Crippen molar-refractivity contribution in [3.8, 4) is 5.75 Å². The van der Waals surface area contributed by atoms with Crippen LogP contribution in [0.1, 0.15) is 19.4 Å². The Hall–Kier alpha value is -1.15. The maximum absolute atomic E-state index is 13.1. The third-order valence-electron chi connectivity index (χ3n) is 4.62. The van der Waals surface area contributed by atoms with Crippen molar-refractivity contribution in [2.24, 2.45) is 0 Å². The Morgan fingerprint density at radius 2 is 1.79 bits per heavy atom. The molecule has 0 bridgehead atoms. The SMILES string of the molecule is COCCN1C(C)CN(S(=O)(=O)c2ccc(OC)cc2C)CC1C. The van der Waals surface area contributed by atoms with Crippen LogP contribution in [0.4, 0.5) is 0 Å². The Morgan fingerprint density at radius 3 is 2.29 bits per heavy atom. The van der Waals surface area contributed by atoms with Gasteiger partial charge in [0.05, 0.1) is 18.6 Å². The first-order chi connectivity index (χ1) is 11.3. The van der Waals surface area contributed by atoms with Crippen molar-refractivity contribution in [2.45, 2.75) is 37.8 Å². The molecule has 24 heavy (non-hydrogen) atoms. The molecule has 1 saturated heterocycles. The predicted octanol–water partition coefficient (Wildman–Crippen LogP) is 1.73. The predicted molar refractivity (Wildman–Crippen MR) is 94.0 cm³/mol. The molecule has 0 N–H and O–H groups in total. The van der Waals surface area contributed by atoms with Crippen molar-refractivity contribution in [1.82, 2.24) is 9.21 Å². The number of ether oxygens (including phenoxy) is 2. The van der Waals surface area contributed by atoms with Gasteiger partial charge in [-0.15, -0.1) is 0 Å². The van der Waals surface area contributed by atoms with E-state index in [2.05, 4.69) is 18.7 Å². The third kappa shape index (κ3) is 3.91. The molecule has 1 aliphatic heterocycles. The maximum Gasteiger partial charge on any atom is 0.243 e. The molecule has 7 heteroatoms. The van der Waals surface area contributed by atoms with Gasteiger partial charge in [-0.05, 0) is 44.5 Å². The second-order valence-corrected chi connectivity index (χ2v) is 8.29. The zero-order chi connectivity index (χ0) is 17.9. The molecule has 1 fully saturated rings. The summed E-state index contributed by atoms with van der Waals surface area (Å²) >= 11 is 0. The van der Waals surface area contributed by atoms with Gasteiger partial charge in [-0.25, -0.2) is 8.42 Å². The standard InChI is InChI=1S/C17H28N2O4S/c1-13-10-16(23-5)6-7-17(13)24(20,21)18-11-14(2)19(8-9-22-4)15(3)12-18/h6-7,10,14-15H,8-9,11-12H2,1-5H3. The van der Waals surface area contributed by atoms with Gasteiger partial charge in [-0.1, -0.05) is 0 Å². The first kappa shape index (κ1) is 19.2. The molecule has 0 aromatic heterocycles. The van der Waals surface area contributed by atoms with Crippen LogP contribution in [-0.2, 0) is 14.8 Å². The molecule has 1 aromatic carbocycles. The molecule has 0 aliphatic carbocycles. The van der Waals surface area contributed by atoms with Crippen LogP contribution in [0.5, 0.6) is 5.75 Å². The minimum absolute atomic E-state index is 0.150. The van der Waals surface area contributed by atoms with E-state index < -0.39 is 10.0 Å². The van der Waals surface area contributed by atoms with E-state index in [1.54, 1.807) is 43.6 Å². The van der Waals surface area contributed by atoms with E-state index in [0.717, 1.165) is 6.54 Å². The lowest BCUT2D eigenvalue weighted by Crippen LogP contribution is -2.58. The Kier molecular flexibility index (Phi) is 6.25. The number of benzene rings is 1. The number of nitrogens with zero attached hydrogens (tertiary/aromatic N) is 2. The zero-order valence-electron chi connectivity index (χ0n) is 15.2. The largest absolute Gasteiger partial charge is 0.497 e. The average molecular weight is 356 g/mol. The molecular weight excluding hydrogens is 328 g/mol. The first-order valence-electron chi connectivity index (χ1n) is 8.20. The fourth-order valence-electron chi connectivity index (χ4n) is 3.32. The quantitative estimate of drug-likeness (QED) is 0.777. The van der Waals surface area contributed by atoms with Crippen molar-refractivity contribution < 1.29 is 17.9 Å². The molecule has 6 nitrogen and oxygen atoms in total. The monoisotopic (exact) mass is 356 g/mol. The van der Waals surface area contributed by atoms with E-state index in [4.69, 9.17) is 9.47 Å². The van der Waals surface area contributed by atoms with Gasteiger partial charge in [-0.3, -0.25) is 4.90 Å². The van der Waals surface area contributed by atoms with Crippen molar-refractivity contribution in [1.29, 1.82) is 0 Å². The molecule has 2 unspecified atom stereocenters. The van der Waals surface area contributed by atoms with Gasteiger partial charge in [0.2, 0.25) is 10.0 Å². The lowest BCUT2D eigenvalue weighted by molar-refractivity contribution is 0.0495. The molecule has 0 spiro atoms. The highest BCUT2D eigenvalue weighted by atomic mass is 32.2. The third-order valence-corrected chi connectivity index (χ3v) is 6.61. The van der Waals surface area contributed by atoms with E-state index in [9.17, 15) is 8.42 Å². The summed E-state index contributed by atoms with van der Waals surface area (Å²) in [5.74, 6) is 0.664. The number of hydrogen-bond acceptors (Lipinski definition) is 5. The molecule has 1 aromatic rings. The molecule has 2 rings (SSSR count). The van der Waals surface area contributed by atoms with E-state index in [1.807, 2.05) is 0 Å². The van der Waals surface area contributed by atoms with Gasteiger partial charge in [-0.2, -0.15) is 4.31 Å². The Bertz CT molecular complexity index is 651. The van der Waals surface area contributed by atoms with Crippen molar-refractivity contribution >= 4 is 10.0 Å². The summed E-state index contributed by atoms with van der Waals surface area (Å²) in [4.78, 5) is 2.66. The molecule has 1 aliphatic rings. The van der Waals surface area contributed by atoms with Gasteiger partial charge in [0, 0.05) is 38.8 Å². The Labute approximate surface area is 145 Å². The molecule has 0 radical (unpaired) electrons. The summed E-state index contributed by atoms with van der Waals surface area (Å²) in [6, 6.07) is 5.39. The van der Waals surface area contributed by atoms with E-state index >= 15 is 0 Å². The Morgan fingerprint density at radius 1 is 1.17 bits per heavy atom. The first-order valence-corrected chi connectivity index (χ1v) is 9.64. The lowest BCUT2D eigenvalue weighted by Gasteiger charge is -2.43. The minimum atomic E-state index is -3.51. The van der Waals surface area contributed by atoms with Gasteiger partial charge in [0.1, 0.15) is 5.75 Å². The van der Waals surface area contributed by atoms with Gasteiger partial charge >= 0.3 is 0 Å². The van der Waals surface area contributed by atoms with Gasteiger partial charge in [0.15, 0.2) is 0 Å². The molecule has 1 heterocycles. The van der Waals surface area contributed by atoms with Crippen LogP contribution in [0.3, 0.4) is 0 Å². The summed E-state index contributed by atoms with van der Waals surface area (Å²) in [7, 11) is -0.250. The van der Waals surface area contributed by atoms with Crippen molar-refractivity contribution in [2.75, 3.05) is 40.5 Å². The van der Waals surface area contributed by atoms with E-state index in [1.165, 1.54) is 0 Å². The van der Waals surface area contributed by atoms with E-state index in [-0.39, 0.29) is 12.1 Å². The second-order valence-electron chi connectivity index (χ2n) is 6.38. The fourth-order valence-corrected chi connectivity index (χ4v) is 5.13. The molecule has 2 atom stereocenters. The van der Waals surface area contributed by atoms with Crippen LogP contribution < -0.4 is 4.74 Å². The number of piperazine rings is 1. The average Bonchev–Trinajstić information content (AvgIpc) is 2.53. The summed E-state index contributed by atoms with van der Waals surface area (Å²) in [5, 5.41) is 0. The van der Waals surface area contributed by atoms with E-state index in [0.29, 0.717) is 35.9 Å². The zero-order valence-corrected chi connectivity index (χ0v) is 16.0. The molecule has 0 amide bonds. The number of sulfonamides is 1. The van der Waals surface area contributed by atoms with Crippen LogP contribution in [0.2, 0.25) is 0 Å². The molecule has 136 valence electrons. The van der Waals surface area contributed by atoms with Crippen LogP contribution in [0, 0.1) is 6.92 Å². The highest BCUT2D eigenvalue weighted by Crippen LogP contribution is 2.27. The van der Waals surface area contributed by atoms with Gasteiger partial charge < -0.3 is 9.47 Å². The topological polar surface area (TPSA) is 59.1 Å². The smallest absolute Gasteiger partial charge is 0.243 e. The van der Waals surface area contributed by atoms with Crippen molar-refractivity contribution in [3.05, 3.63) is 23.8 Å². The molecule has 0 saturated carbocycles. The number of aryl methyl sites for hydroxylation is 1. The number of hydrogen-bond donors (Lipinski definition) is 0. The highest BCUT2D eigenvalue weighted by Gasteiger charge is 2.36. The number of methoxy groups -OCH3 is 2. The second kappa shape index (κ2) is 7.82. The van der Waals surface area contributed by atoms with Gasteiger partial charge in [0.25, 0.3) is 0 Å². The summed E-state index contributed by atoms with van der Waals surface area (Å²) in [6.45, 7) is 8.37. The fraction of sp³-hybridized carbons (Fsp3) is 0.647. The molecular formula is C17H28N2O4S. The van der Waals surface area contributed by atoms with Crippen LogP contribution in [0.15, 0.2) is 23.1 Å². The summed E-state index contributed by atoms with van der Waals surface area (Å²) < 4.78 is 38.0.